The van der Waals surface area contributed by atoms with Crippen molar-refractivity contribution in [2.75, 3.05) is 13.1 Å². The van der Waals surface area contributed by atoms with Crippen LogP contribution in [0.5, 0.6) is 0 Å². The van der Waals surface area contributed by atoms with E-state index < -0.39 is 5.97 Å². The van der Waals surface area contributed by atoms with E-state index in [9.17, 15) is 9.59 Å². The highest BCUT2D eigenvalue weighted by molar-refractivity contribution is 5.92. The summed E-state index contributed by atoms with van der Waals surface area (Å²) in [4.78, 5) is 29.6. The number of aromatic nitrogens is 4. The Morgan fingerprint density at radius 2 is 2.12 bits per heavy atom. The van der Waals surface area contributed by atoms with Crippen LogP contribution >= 0.6 is 0 Å². The summed E-state index contributed by atoms with van der Waals surface area (Å²) in [5.74, 6) is -0.899. The van der Waals surface area contributed by atoms with E-state index in [0.717, 1.165) is 0 Å². The first-order valence-electron chi connectivity index (χ1n) is 7.66. The number of likely N-dealkylation sites (tertiary alicyclic amines) is 1. The van der Waals surface area contributed by atoms with Gasteiger partial charge in [-0.3, -0.25) is 14.3 Å². The second kappa shape index (κ2) is 6.06. The van der Waals surface area contributed by atoms with Crippen molar-refractivity contribution >= 4 is 11.9 Å². The number of oxazole rings is 1. The molecule has 2 atom stereocenters. The molecule has 0 saturated carbocycles. The molecule has 1 amide bonds. The number of carbonyl (C=O) groups excluding carboxylic acids is 1. The molecule has 1 fully saturated rings. The molecule has 1 N–H and O–H groups in total. The van der Waals surface area contributed by atoms with Crippen molar-refractivity contribution in [3.8, 4) is 0 Å². The van der Waals surface area contributed by atoms with E-state index in [4.69, 9.17) is 9.52 Å². The van der Waals surface area contributed by atoms with Gasteiger partial charge in [-0.15, -0.1) is 5.10 Å². The maximum absolute atomic E-state index is 12.7. The van der Waals surface area contributed by atoms with Gasteiger partial charge in [-0.25, -0.2) is 4.98 Å². The van der Waals surface area contributed by atoms with Crippen molar-refractivity contribution in [1.29, 1.82) is 0 Å². The lowest BCUT2D eigenvalue weighted by Crippen LogP contribution is -2.29. The third-order valence-corrected chi connectivity index (χ3v) is 4.26. The minimum atomic E-state index is -0.894. The Balaban J connectivity index is 1.84. The van der Waals surface area contributed by atoms with Crippen LogP contribution in [0.2, 0.25) is 0 Å². The highest BCUT2D eigenvalue weighted by Gasteiger charge is 2.40. The Hall–Kier alpha value is -2.71. The van der Waals surface area contributed by atoms with E-state index in [1.165, 1.54) is 0 Å². The highest BCUT2D eigenvalue weighted by Crippen LogP contribution is 2.34. The molecule has 0 bridgehead atoms. The number of carbonyl (C=O) groups is 2. The molecule has 9 heteroatoms. The molecule has 1 aliphatic heterocycles. The van der Waals surface area contributed by atoms with Gasteiger partial charge < -0.3 is 14.4 Å². The first-order chi connectivity index (χ1) is 11.3. The van der Waals surface area contributed by atoms with Crippen molar-refractivity contribution in [1.82, 2.24) is 24.9 Å². The highest BCUT2D eigenvalue weighted by atomic mass is 16.4. The summed E-state index contributed by atoms with van der Waals surface area (Å²) >= 11 is 0. The molecule has 3 heterocycles. The molecule has 1 aliphatic rings. The zero-order valence-electron chi connectivity index (χ0n) is 13.8. The minimum Gasteiger partial charge on any atom is -0.481 e. The molecule has 0 unspecified atom stereocenters. The number of nitrogens with zero attached hydrogens (tertiary/aromatic N) is 5. The monoisotopic (exact) mass is 333 g/mol. The average Bonchev–Trinajstić information content (AvgIpc) is 3.17. The predicted molar refractivity (Wildman–Crippen MR) is 81.4 cm³/mol. The topological polar surface area (TPSA) is 114 Å². The minimum absolute atomic E-state index is 0.0283. The van der Waals surface area contributed by atoms with Gasteiger partial charge in [-0.2, -0.15) is 0 Å². The van der Waals surface area contributed by atoms with Crippen LogP contribution in [0, 0.1) is 19.8 Å². The van der Waals surface area contributed by atoms with Crippen molar-refractivity contribution in [2.24, 2.45) is 13.0 Å². The van der Waals surface area contributed by atoms with Gasteiger partial charge >= 0.3 is 5.97 Å². The number of carboxylic acid groups (broad SMARTS) is 1. The fourth-order valence-corrected chi connectivity index (χ4v) is 3.21. The summed E-state index contributed by atoms with van der Waals surface area (Å²) in [6.45, 7) is 4.12. The van der Waals surface area contributed by atoms with Gasteiger partial charge in [0, 0.05) is 39.2 Å². The van der Waals surface area contributed by atoms with Gasteiger partial charge in [0.2, 0.25) is 5.76 Å². The fourth-order valence-electron chi connectivity index (χ4n) is 3.21. The number of rotatable bonds is 4. The van der Waals surface area contributed by atoms with Crippen LogP contribution in [-0.2, 0) is 11.8 Å². The molecule has 128 valence electrons. The van der Waals surface area contributed by atoms with Gasteiger partial charge in [0.25, 0.3) is 5.91 Å². The molecule has 1 saturated heterocycles. The summed E-state index contributed by atoms with van der Waals surface area (Å²) in [7, 11) is 1.75. The van der Waals surface area contributed by atoms with Gasteiger partial charge in [-0.05, 0) is 12.8 Å². The Labute approximate surface area is 138 Å². The van der Waals surface area contributed by atoms with E-state index in [0.29, 0.717) is 30.4 Å². The number of hydrogen-bond donors (Lipinski definition) is 1. The largest absolute Gasteiger partial charge is 0.481 e. The number of aryl methyl sites for hydroxylation is 3. The molecule has 0 spiro atoms. The lowest BCUT2D eigenvalue weighted by molar-refractivity contribution is -0.138. The molecule has 2 aromatic rings. The molecule has 9 nitrogen and oxygen atoms in total. The normalized spacial score (nSPS) is 20.5. The second-order valence-corrected chi connectivity index (χ2v) is 6.14. The smallest absolute Gasteiger partial charge is 0.303 e. The number of hydrogen-bond acceptors (Lipinski definition) is 6. The van der Waals surface area contributed by atoms with Crippen LogP contribution in [0.3, 0.4) is 0 Å². The molecule has 3 rings (SSSR count). The van der Waals surface area contributed by atoms with Crippen LogP contribution < -0.4 is 0 Å². The van der Waals surface area contributed by atoms with E-state index in [1.54, 1.807) is 36.7 Å². The SMILES string of the molecule is Cc1nc(C)c(C(=O)N2C[C@H](CC(=O)O)[C@H](c3cn(C)nn3)C2)o1. The second-order valence-electron chi connectivity index (χ2n) is 6.14. The molecular weight excluding hydrogens is 314 g/mol. The van der Waals surface area contributed by atoms with E-state index in [-0.39, 0.29) is 29.9 Å². The third kappa shape index (κ3) is 3.01. The average molecular weight is 333 g/mol. The molecular formula is C15H19N5O4. The van der Waals surface area contributed by atoms with Crippen molar-refractivity contribution in [3.05, 3.63) is 29.2 Å². The summed E-state index contributed by atoms with van der Waals surface area (Å²) in [5.41, 5.74) is 1.24. The van der Waals surface area contributed by atoms with E-state index in [2.05, 4.69) is 15.3 Å². The molecule has 0 radical (unpaired) electrons. The van der Waals surface area contributed by atoms with Gasteiger partial charge in [0.1, 0.15) is 0 Å². The predicted octanol–water partition coefficient (Wildman–Crippen LogP) is 0.750. The lowest BCUT2D eigenvalue weighted by Gasteiger charge is -2.14. The van der Waals surface area contributed by atoms with Crippen LogP contribution in [0.15, 0.2) is 10.6 Å². The first-order valence-corrected chi connectivity index (χ1v) is 7.66. The van der Waals surface area contributed by atoms with Crippen LogP contribution in [-0.4, -0.2) is 55.0 Å². The summed E-state index contributed by atoms with van der Waals surface area (Å²) in [6.07, 6.45) is 1.73. The quantitative estimate of drug-likeness (QED) is 0.878. The maximum atomic E-state index is 12.7. The summed E-state index contributed by atoms with van der Waals surface area (Å²) in [5, 5.41) is 17.2. The molecule has 0 aromatic carbocycles. The third-order valence-electron chi connectivity index (χ3n) is 4.26. The Kier molecular flexibility index (Phi) is 4.08. The van der Waals surface area contributed by atoms with Crippen molar-refractivity contribution in [2.45, 2.75) is 26.2 Å². The van der Waals surface area contributed by atoms with Crippen molar-refractivity contribution in [3.63, 3.8) is 0 Å². The van der Waals surface area contributed by atoms with E-state index >= 15 is 0 Å². The lowest BCUT2D eigenvalue weighted by atomic mass is 9.91. The number of amides is 1. The first kappa shape index (κ1) is 16.2. The fraction of sp³-hybridized carbons (Fsp3) is 0.533. The van der Waals surface area contributed by atoms with E-state index in [1.807, 2.05) is 0 Å². The number of carboxylic acids is 1. The van der Waals surface area contributed by atoms with Crippen LogP contribution in [0.1, 0.15) is 40.2 Å². The Morgan fingerprint density at radius 1 is 1.38 bits per heavy atom. The number of aliphatic carboxylic acids is 1. The van der Waals surface area contributed by atoms with Gasteiger partial charge in [0.05, 0.1) is 17.8 Å². The van der Waals surface area contributed by atoms with Crippen molar-refractivity contribution < 1.29 is 19.1 Å². The molecule has 24 heavy (non-hydrogen) atoms. The standard InChI is InChI=1S/C15H19N5O4/c1-8-14(24-9(2)16-8)15(23)20-5-10(4-13(21)22)11(6-20)12-7-19(3)18-17-12/h7,10-11H,4-6H2,1-3H3,(H,21,22)/t10-,11+/m0/s1. The van der Waals surface area contributed by atoms with Gasteiger partial charge in [0.15, 0.2) is 5.89 Å². The summed E-state index contributed by atoms with van der Waals surface area (Å²) in [6, 6.07) is 0. The van der Waals surface area contributed by atoms with Crippen LogP contribution in [0.25, 0.3) is 0 Å². The zero-order chi connectivity index (χ0) is 17.4. The molecule has 2 aromatic heterocycles. The Bertz CT molecular complexity index is 781. The molecule has 0 aliphatic carbocycles. The maximum Gasteiger partial charge on any atom is 0.303 e. The van der Waals surface area contributed by atoms with Crippen LogP contribution in [0.4, 0.5) is 0 Å². The van der Waals surface area contributed by atoms with Gasteiger partial charge in [-0.1, -0.05) is 5.21 Å². The Morgan fingerprint density at radius 3 is 2.67 bits per heavy atom. The zero-order valence-corrected chi connectivity index (χ0v) is 13.8. The summed E-state index contributed by atoms with van der Waals surface area (Å²) < 4.78 is 6.97.